The molecule has 1 aromatic carbocycles. The van der Waals surface area contributed by atoms with Gasteiger partial charge in [0, 0.05) is 23.1 Å². The zero-order valence-corrected chi connectivity index (χ0v) is 12.8. The van der Waals surface area contributed by atoms with Crippen LogP contribution in [-0.4, -0.2) is 51.1 Å². The molecule has 19 heavy (non-hydrogen) atoms. The molecule has 1 N–H and O–H groups in total. The number of rotatable bonds is 5. The lowest BCUT2D eigenvalue weighted by Gasteiger charge is -2.11. The number of amides is 1. The van der Waals surface area contributed by atoms with Gasteiger partial charge in [0.25, 0.3) is 5.91 Å². The second-order valence-electron chi connectivity index (χ2n) is 4.28. The van der Waals surface area contributed by atoms with Gasteiger partial charge in [0.15, 0.2) is 0 Å². The van der Waals surface area contributed by atoms with Crippen LogP contribution in [0.5, 0.6) is 0 Å². The van der Waals surface area contributed by atoms with Gasteiger partial charge in [0.2, 0.25) is 0 Å². The van der Waals surface area contributed by atoms with Crippen molar-refractivity contribution in [2.75, 3.05) is 34.3 Å². The van der Waals surface area contributed by atoms with E-state index < -0.39 is 5.97 Å². The lowest BCUT2D eigenvalue weighted by Crippen LogP contribution is -2.31. The van der Waals surface area contributed by atoms with Gasteiger partial charge in [-0.05, 0) is 32.3 Å². The van der Waals surface area contributed by atoms with E-state index in [-0.39, 0.29) is 5.91 Å². The summed E-state index contributed by atoms with van der Waals surface area (Å²) in [6.07, 6.45) is 0. The summed E-state index contributed by atoms with van der Waals surface area (Å²) in [5.74, 6) is -0.683. The summed E-state index contributed by atoms with van der Waals surface area (Å²) in [7, 11) is 5.17. The van der Waals surface area contributed by atoms with Crippen LogP contribution >= 0.6 is 15.9 Å². The third-order valence-corrected chi connectivity index (χ3v) is 2.88. The Balaban J connectivity index is 2.79. The minimum atomic E-state index is -0.469. The molecule has 0 atom stereocenters. The lowest BCUT2D eigenvalue weighted by molar-refractivity contribution is 0.0600. The van der Waals surface area contributed by atoms with Gasteiger partial charge in [0.05, 0.1) is 12.7 Å². The molecular formula is C13H17BrN2O3. The Morgan fingerprint density at radius 3 is 2.47 bits per heavy atom. The first-order valence-corrected chi connectivity index (χ1v) is 6.55. The quantitative estimate of drug-likeness (QED) is 0.833. The molecule has 0 aliphatic heterocycles. The van der Waals surface area contributed by atoms with Crippen molar-refractivity contribution in [2.45, 2.75) is 0 Å². The first-order valence-electron chi connectivity index (χ1n) is 5.76. The summed E-state index contributed by atoms with van der Waals surface area (Å²) in [6, 6.07) is 4.79. The number of hydrogen-bond acceptors (Lipinski definition) is 4. The van der Waals surface area contributed by atoms with Gasteiger partial charge in [0.1, 0.15) is 0 Å². The number of methoxy groups -OCH3 is 1. The van der Waals surface area contributed by atoms with Gasteiger partial charge in [-0.3, -0.25) is 4.79 Å². The van der Waals surface area contributed by atoms with Crippen molar-refractivity contribution in [3.8, 4) is 0 Å². The van der Waals surface area contributed by atoms with E-state index >= 15 is 0 Å². The zero-order chi connectivity index (χ0) is 14.4. The third kappa shape index (κ3) is 5.00. The van der Waals surface area contributed by atoms with Gasteiger partial charge in [-0.2, -0.15) is 0 Å². The predicted octanol–water partition coefficient (Wildman–Crippen LogP) is 1.53. The molecule has 0 aliphatic rings. The first kappa shape index (κ1) is 15.7. The van der Waals surface area contributed by atoms with E-state index in [0.717, 1.165) is 6.54 Å². The minimum Gasteiger partial charge on any atom is -0.465 e. The largest absolute Gasteiger partial charge is 0.465 e. The molecule has 0 spiro atoms. The molecule has 1 amide bonds. The normalized spacial score (nSPS) is 10.4. The monoisotopic (exact) mass is 328 g/mol. The van der Waals surface area contributed by atoms with E-state index in [1.54, 1.807) is 12.1 Å². The van der Waals surface area contributed by atoms with Gasteiger partial charge in [-0.25, -0.2) is 4.79 Å². The SMILES string of the molecule is COC(=O)c1cc(Br)cc(C(=O)NCCN(C)C)c1. The Morgan fingerprint density at radius 2 is 1.89 bits per heavy atom. The van der Waals surface area contributed by atoms with Crippen LogP contribution < -0.4 is 5.32 Å². The van der Waals surface area contributed by atoms with Crippen LogP contribution in [0.25, 0.3) is 0 Å². The third-order valence-electron chi connectivity index (χ3n) is 2.43. The number of halogens is 1. The summed E-state index contributed by atoms with van der Waals surface area (Å²) >= 11 is 3.27. The van der Waals surface area contributed by atoms with Crippen LogP contribution in [0.15, 0.2) is 22.7 Å². The smallest absolute Gasteiger partial charge is 0.337 e. The summed E-state index contributed by atoms with van der Waals surface area (Å²) in [5.41, 5.74) is 0.767. The number of carbonyl (C=O) groups is 2. The second kappa shape index (κ2) is 7.25. The highest BCUT2D eigenvalue weighted by Crippen LogP contribution is 2.16. The van der Waals surface area contributed by atoms with Crippen molar-refractivity contribution in [3.63, 3.8) is 0 Å². The topological polar surface area (TPSA) is 58.6 Å². The Labute approximate surface area is 121 Å². The number of nitrogens with zero attached hydrogens (tertiary/aromatic N) is 1. The Kier molecular flexibility index (Phi) is 5.98. The lowest BCUT2D eigenvalue weighted by atomic mass is 10.1. The standard InChI is InChI=1S/C13H17BrN2O3/c1-16(2)5-4-15-12(17)9-6-10(13(18)19-3)8-11(14)7-9/h6-8H,4-5H2,1-3H3,(H,15,17). The van der Waals surface area contributed by atoms with E-state index in [4.69, 9.17) is 0 Å². The molecule has 0 fully saturated rings. The number of likely N-dealkylation sites (N-methyl/N-ethyl adjacent to an activating group) is 1. The van der Waals surface area contributed by atoms with Crippen LogP contribution in [0.2, 0.25) is 0 Å². The van der Waals surface area contributed by atoms with Crippen LogP contribution in [0.1, 0.15) is 20.7 Å². The van der Waals surface area contributed by atoms with Crippen LogP contribution in [0, 0.1) is 0 Å². The Hall–Kier alpha value is -1.40. The van der Waals surface area contributed by atoms with Crippen molar-refractivity contribution in [1.82, 2.24) is 10.2 Å². The highest BCUT2D eigenvalue weighted by molar-refractivity contribution is 9.10. The van der Waals surface area contributed by atoms with E-state index in [0.29, 0.717) is 22.1 Å². The predicted molar refractivity (Wildman–Crippen MR) is 76.4 cm³/mol. The molecule has 0 bridgehead atoms. The molecule has 5 nitrogen and oxygen atoms in total. The number of benzene rings is 1. The molecule has 0 saturated heterocycles. The molecule has 6 heteroatoms. The maximum atomic E-state index is 11.9. The Morgan fingerprint density at radius 1 is 1.26 bits per heavy atom. The summed E-state index contributed by atoms with van der Waals surface area (Å²) in [5, 5.41) is 2.79. The van der Waals surface area contributed by atoms with Gasteiger partial charge in [-0.1, -0.05) is 15.9 Å². The van der Waals surface area contributed by atoms with E-state index in [1.807, 2.05) is 19.0 Å². The van der Waals surface area contributed by atoms with Crippen LogP contribution in [0.4, 0.5) is 0 Å². The van der Waals surface area contributed by atoms with Crippen molar-refractivity contribution in [3.05, 3.63) is 33.8 Å². The molecule has 1 rings (SSSR count). The molecule has 104 valence electrons. The number of hydrogen-bond donors (Lipinski definition) is 1. The number of esters is 1. The van der Waals surface area contributed by atoms with Crippen molar-refractivity contribution >= 4 is 27.8 Å². The van der Waals surface area contributed by atoms with Crippen LogP contribution in [0.3, 0.4) is 0 Å². The van der Waals surface area contributed by atoms with E-state index in [9.17, 15) is 9.59 Å². The number of ether oxygens (including phenoxy) is 1. The summed E-state index contributed by atoms with van der Waals surface area (Å²) < 4.78 is 5.30. The van der Waals surface area contributed by atoms with E-state index in [1.165, 1.54) is 13.2 Å². The van der Waals surface area contributed by atoms with Gasteiger partial charge in [-0.15, -0.1) is 0 Å². The highest BCUT2D eigenvalue weighted by atomic mass is 79.9. The molecule has 0 saturated carbocycles. The van der Waals surface area contributed by atoms with Gasteiger partial charge >= 0.3 is 5.97 Å². The summed E-state index contributed by atoms with van der Waals surface area (Å²) in [6.45, 7) is 1.30. The molecule has 0 radical (unpaired) electrons. The molecular weight excluding hydrogens is 312 g/mol. The maximum Gasteiger partial charge on any atom is 0.337 e. The number of nitrogens with one attached hydrogen (secondary N) is 1. The molecule has 0 aliphatic carbocycles. The summed E-state index contributed by atoms with van der Waals surface area (Å²) in [4.78, 5) is 25.4. The minimum absolute atomic E-state index is 0.215. The maximum absolute atomic E-state index is 11.9. The van der Waals surface area contributed by atoms with E-state index in [2.05, 4.69) is 26.0 Å². The van der Waals surface area contributed by atoms with Crippen LogP contribution in [-0.2, 0) is 4.74 Å². The second-order valence-corrected chi connectivity index (χ2v) is 5.20. The molecule has 0 unspecified atom stereocenters. The fourth-order valence-electron chi connectivity index (χ4n) is 1.45. The molecule has 1 aromatic rings. The number of carbonyl (C=O) groups excluding carboxylic acids is 2. The fourth-order valence-corrected chi connectivity index (χ4v) is 1.94. The average molecular weight is 329 g/mol. The highest BCUT2D eigenvalue weighted by Gasteiger charge is 2.12. The van der Waals surface area contributed by atoms with Crippen molar-refractivity contribution in [2.24, 2.45) is 0 Å². The van der Waals surface area contributed by atoms with Gasteiger partial charge < -0.3 is 15.0 Å². The fraction of sp³-hybridized carbons (Fsp3) is 0.385. The zero-order valence-electron chi connectivity index (χ0n) is 11.2. The van der Waals surface area contributed by atoms with Crippen molar-refractivity contribution < 1.29 is 14.3 Å². The molecule has 0 aromatic heterocycles. The Bertz CT molecular complexity index is 475. The average Bonchev–Trinajstić information content (AvgIpc) is 2.36. The molecule has 0 heterocycles. The van der Waals surface area contributed by atoms with Crippen molar-refractivity contribution in [1.29, 1.82) is 0 Å². The first-order chi connectivity index (χ1) is 8.93.